The topological polar surface area (TPSA) is 54.4 Å². The third-order valence-corrected chi connectivity index (χ3v) is 3.44. The molecule has 1 atom stereocenters. The average molecular weight is 244 g/mol. The third-order valence-electron chi connectivity index (χ3n) is 2.33. The number of nitrogens with zero attached hydrogens (tertiary/aromatic N) is 1. The van der Waals surface area contributed by atoms with Gasteiger partial charge in [0.2, 0.25) is 0 Å². The Bertz CT molecular complexity index is 291. The van der Waals surface area contributed by atoms with Gasteiger partial charge in [0.05, 0.1) is 24.4 Å². The summed E-state index contributed by atoms with van der Waals surface area (Å²) in [5.41, 5.74) is 2.99. The summed E-state index contributed by atoms with van der Waals surface area (Å²) in [7, 11) is 0. The molecule has 2 N–H and O–H groups in total. The van der Waals surface area contributed by atoms with E-state index in [0.717, 1.165) is 18.7 Å². The number of rotatable bonds is 8. The van der Waals surface area contributed by atoms with Gasteiger partial charge in [-0.2, -0.15) is 0 Å². The van der Waals surface area contributed by atoms with Crippen molar-refractivity contribution < 1.29 is 9.84 Å². The SMILES string of the molecule is Cc1ncsc1C(C)NCCCOCCO. The van der Waals surface area contributed by atoms with Crippen LogP contribution in [0.15, 0.2) is 5.51 Å². The number of hydrogen-bond donors (Lipinski definition) is 2. The zero-order valence-electron chi connectivity index (χ0n) is 9.90. The number of hydrogen-bond acceptors (Lipinski definition) is 5. The van der Waals surface area contributed by atoms with Crippen LogP contribution < -0.4 is 5.32 Å². The predicted octanol–water partition coefficient (Wildman–Crippen LogP) is 1.50. The summed E-state index contributed by atoms with van der Waals surface area (Å²) in [5.74, 6) is 0. The van der Waals surface area contributed by atoms with Crippen molar-refractivity contribution in [1.82, 2.24) is 10.3 Å². The molecular formula is C11H20N2O2S. The summed E-state index contributed by atoms with van der Waals surface area (Å²) in [5, 5.41) is 12.0. The van der Waals surface area contributed by atoms with Crippen LogP contribution in [0.3, 0.4) is 0 Å². The van der Waals surface area contributed by atoms with Gasteiger partial charge in [0, 0.05) is 17.5 Å². The number of ether oxygens (including phenoxy) is 1. The summed E-state index contributed by atoms with van der Waals surface area (Å²) in [6.07, 6.45) is 0.961. The van der Waals surface area contributed by atoms with E-state index in [-0.39, 0.29) is 6.61 Å². The second-order valence-corrected chi connectivity index (χ2v) is 4.55. The van der Waals surface area contributed by atoms with Gasteiger partial charge in [0.1, 0.15) is 0 Å². The average Bonchev–Trinajstić information content (AvgIpc) is 2.69. The molecule has 0 bridgehead atoms. The fourth-order valence-electron chi connectivity index (χ4n) is 1.48. The number of aryl methyl sites for hydroxylation is 1. The molecular weight excluding hydrogens is 224 g/mol. The largest absolute Gasteiger partial charge is 0.394 e. The summed E-state index contributed by atoms with van der Waals surface area (Å²) in [4.78, 5) is 5.53. The lowest BCUT2D eigenvalue weighted by Crippen LogP contribution is -2.21. The molecule has 0 fully saturated rings. The lowest BCUT2D eigenvalue weighted by molar-refractivity contribution is 0.0904. The van der Waals surface area contributed by atoms with Crippen LogP contribution in [0.1, 0.15) is 30.0 Å². The smallest absolute Gasteiger partial charge is 0.0798 e. The van der Waals surface area contributed by atoms with Gasteiger partial charge in [-0.3, -0.25) is 0 Å². The maximum Gasteiger partial charge on any atom is 0.0798 e. The van der Waals surface area contributed by atoms with Crippen LogP contribution >= 0.6 is 11.3 Å². The quantitative estimate of drug-likeness (QED) is 0.681. The van der Waals surface area contributed by atoms with Gasteiger partial charge in [-0.25, -0.2) is 4.98 Å². The number of aliphatic hydroxyl groups excluding tert-OH is 1. The Morgan fingerprint density at radius 3 is 3.00 bits per heavy atom. The van der Waals surface area contributed by atoms with E-state index in [4.69, 9.17) is 9.84 Å². The molecule has 1 aromatic rings. The second kappa shape index (κ2) is 7.73. The van der Waals surface area contributed by atoms with Crippen molar-refractivity contribution in [1.29, 1.82) is 0 Å². The molecule has 4 nitrogen and oxygen atoms in total. The molecule has 0 aliphatic rings. The van der Waals surface area contributed by atoms with Crippen LogP contribution in [0.4, 0.5) is 0 Å². The molecule has 0 spiro atoms. The molecule has 0 saturated heterocycles. The van der Waals surface area contributed by atoms with Crippen LogP contribution in [0.25, 0.3) is 0 Å². The molecule has 0 aliphatic heterocycles. The summed E-state index contributed by atoms with van der Waals surface area (Å²) >= 11 is 1.69. The molecule has 1 rings (SSSR count). The first-order chi connectivity index (χ1) is 7.75. The minimum Gasteiger partial charge on any atom is -0.394 e. The Morgan fingerprint density at radius 1 is 1.56 bits per heavy atom. The molecule has 0 aliphatic carbocycles. The second-order valence-electron chi connectivity index (χ2n) is 3.67. The van der Waals surface area contributed by atoms with E-state index in [1.54, 1.807) is 11.3 Å². The molecule has 1 heterocycles. The van der Waals surface area contributed by atoms with Gasteiger partial charge in [0.15, 0.2) is 0 Å². The molecule has 16 heavy (non-hydrogen) atoms. The highest BCUT2D eigenvalue weighted by Crippen LogP contribution is 2.20. The van der Waals surface area contributed by atoms with E-state index in [0.29, 0.717) is 19.3 Å². The standard InChI is InChI=1S/C11H20N2O2S/c1-9(11-10(2)13-8-16-11)12-4-3-6-15-7-5-14/h8-9,12,14H,3-7H2,1-2H3. The molecule has 5 heteroatoms. The highest BCUT2D eigenvalue weighted by Gasteiger charge is 2.09. The summed E-state index contributed by atoms with van der Waals surface area (Å²) < 4.78 is 5.18. The van der Waals surface area contributed by atoms with Crippen LogP contribution in [0.2, 0.25) is 0 Å². The third kappa shape index (κ3) is 4.57. The van der Waals surface area contributed by atoms with E-state index in [1.165, 1.54) is 4.88 Å². The fourth-order valence-corrected chi connectivity index (χ4v) is 2.31. The Balaban J connectivity index is 2.11. The van der Waals surface area contributed by atoms with Gasteiger partial charge in [-0.05, 0) is 26.8 Å². The van der Waals surface area contributed by atoms with E-state index in [2.05, 4.69) is 17.2 Å². The Labute approximate surface area is 101 Å². The van der Waals surface area contributed by atoms with Crippen molar-refractivity contribution in [3.8, 4) is 0 Å². The van der Waals surface area contributed by atoms with Crippen molar-refractivity contribution >= 4 is 11.3 Å². The van der Waals surface area contributed by atoms with E-state index < -0.39 is 0 Å². The van der Waals surface area contributed by atoms with Gasteiger partial charge < -0.3 is 15.2 Å². The molecule has 1 unspecified atom stereocenters. The summed E-state index contributed by atoms with van der Waals surface area (Å²) in [6, 6.07) is 0.352. The van der Waals surface area contributed by atoms with Crippen molar-refractivity contribution in [2.45, 2.75) is 26.3 Å². The molecule has 0 radical (unpaired) electrons. The van der Waals surface area contributed by atoms with Gasteiger partial charge in [-0.15, -0.1) is 11.3 Å². The Hall–Kier alpha value is -0.490. The number of nitrogens with one attached hydrogen (secondary N) is 1. The molecule has 0 saturated carbocycles. The maximum absolute atomic E-state index is 8.52. The van der Waals surface area contributed by atoms with E-state index in [9.17, 15) is 0 Å². The van der Waals surface area contributed by atoms with Crippen molar-refractivity contribution in [2.75, 3.05) is 26.4 Å². The van der Waals surface area contributed by atoms with Crippen molar-refractivity contribution in [2.24, 2.45) is 0 Å². The Morgan fingerprint density at radius 2 is 2.38 bits per heavy atom. The highest BCUT2D eigenvalue weighted by atomic mass is 32.1. The number of aromatic nitrogens is 1. The van der Waals surface area contributed by atoms with E-state index in [1.807, 2.05) is 12.4 Å². The minimum absolute atomic E-state index is 0.101. The fraction of sp³-hybridized carbons (Fsp3) is 0.727. The zero-order valence-corrected chi connectivity index (χ0v) is 10.7. The first-order valence-corrected chi connectivity index (χ1v) is 6.45. The Kier molecular flexibility index (Phi) is 6.56. The molecule has 1 aromatic heterocycles. The number of aliphatic hydroxyl groups is 1. The van der Waals surface area contributed by atoms with Crippen LogP contribution in [0.5, 0.6) is 0 Å². The van der Waals surface area contributed by atoms with Gasteiger partial charge in [-0.1, -0.05) is 0 Å². The normalized spacial score (nSPS) is 12.9. The number of thiazole rings is 1. The molecule has 0 aromatic carbocycles. The predicted molar refractivity (Wildman–Crippen MR) is 65.8 cm³/mol. The first-order valence-electron chi connectivity index (χ1n) is 5.57. The maximum atomic E-state index is 8.52. The summed E-state index contributed by atoms with van der Waals surface area (Å²) in [6.45, 7) is 6.34. The minimum atomic E-state index is 0.101. The van der Waals surface area contributed by atoms with Crippen LogP contribution in [0, 0.1) is 6.92 Å². The van der Waals surface area contributed by atoms with Crippen molar-refractivity contribution in [3.05, 3.63) is 16.1 Å². The van der Waals surface area contributed by atoms with E-state index >= 15 is 0 Å². The molecule has 0 amide bonds. The lowest BCUT2D eigenvalue weighted by Gasteiger charge is -2.12. The van der Waals surface area contributed by atoms with Gasteiger partial charge >= 0.3 is 0 Å². The van der Waals surface area contributed by atoms with Crippen LogP contribution in [-0.4, -0.2) is 36.5 Å². The van der Waals surface area contributed by atoms with Crippen molar-refractivity contribution in [3.63, 3.8) is 0 Å². The monoisotopic (exact) mass is 244 g/mol. The van der Waals surface area contributed by atoms with Crippen LogP contribution in [-0.2, 0) is 4.74 Å². The lowest BCUT2D eigenvalue weighted by atomic mass is 10.2. The molecule has 92 valence electrons. The highest BCUT2D eigenvalue weighted by molar-refractivity contribution is 7.09. The first kappa shape index (κ1) is 13.6. The zero-order chi connectivity index (χ0) is 11.8. The van der Waals surface area contributed by atoms with Gasteiger partial charge in [0.25, 0.3) is 0 Å².